The standard InChI is InChI=1S/C17H23BrN4OS/c1-2-15(19)16-20-21-17(22(16)10-14-7-4-8-23-14)24-11-12-5-3-6-13(18)9-12/h3,5-6,9,14-15H,2,4,7-8,10-11,19H2,1H3. The third kappa shape index (κ3) is 4.39. The molecule has 2 heterocycles. The van der Waals surface area contributed by atoms with E-state index < -0.39 is 0 Å². The predicted octanol–water partition coefficient (Wildman–Crippen LogP) is 3.92. The highest BCUT2D eigenvalue weighted by Crippen LogP contribution is 2.27. The van der Waals surface area contributed by atoms with Crippen LogP contribution in [0, 0.1) is 0 Å². The van der Waals surface area contributed by atoms with Crippen molar-refractivity contribution < 1.29 is 4.74 Å². The fourth-order valence-corrected chi connectivity index (χ4v) is 4.15. The number of nitrogens with zero attached hydrogens (tertiary/aromatic N) is 3. The van der Waals surface area contributed by atoms with E-state index >= 15 is 0 Å². The zero-order valence-corrected chi connectivity index (χ0v) is 16.2. The monoisotopic (exact) mass is 410 g/mol. The van der Waals surface area contributed by atoms with Crippen LogP contribution in [0.25, 0.3) is 0 Å². The molecule has 1 aromatic heterocycles. The summed E-state index contributed by atoms with van der Waals surface area (Å²) in [6, 6.07) is 8.25. The van der Waals surface area contributed by atoms with E-state index in [4.69, 9.17) is 10.5 Å². The van der Waals surface area contributed by atoms with Crippen LogP contribution in [-0.4, -0.2) is 27.5 Å². The van der Waals surface area contributed by atoms with Gasteiger partial charge in [-0.15, -0.1) is 10.2 Å². The molecule has 1 aliphatic rings. The highest BCUT2D eigenvalue weighted by Gasteiger charge is 2.23. The van der Waals surface area contributed by atoms with Gasteiger partial charge in [0.1, 0.15) is 0 Å². The molecule has 1 aliphatic heterocycles. The summed E-state index contributed by atoms with van der Waals surface area (Å²) in [7, 11) is 0. The van der Waals surface area contributed by atoms with Gasteiger partial charge in [0, 0.05) is 16.8 Å². The van der Waals surface area contributed by atoms with Gasteiger partial charge in [-0.1, -0.05) is 46.7 Å². The third-order valence-electron chi connectivity index (χ3n) is 4.18. The third-order valence-corrected chi connectivity index (χ3v) is 5.72. The molecular weight excluding hydrogens is 388 g/mol. The Morgan fingerprint density at radius 1 is 1.46 bits per heavy atom. The van der Waals surface area contributed by atoms with Crippen LogP contribution in [-0.2, 0) is 17.0 Å². The lowest BCUT2D eigenvalue weighted by molar-refractivity contribution is 0.0938. The van der Waals surface area contributed by atoms with E-state index in [2.05, 4.69) is 55.8 Å². The maximum absolute atomic E-state index is 6.23. The lowest BCUT2D eigenvalue weighted by atomic mass is 10.2. The topological polar surface area (TPSA) is 66.0 Å². The molecule has 7 heteroatoms. The normalized spacial score (nSPS) is 18.9. The second-order valence-corrected chi connectivity index (χ2v) is 7.88. The number of benzene rings is 1. The van der Waals surface area contributed by atoms with Crippen LogP contribution < -0.4 is 5.73 Å². The molecule has 0 amide bonds. The summed E-state index contributed by atoms with van der Waals surface area (Å²) in [5.41, 5.74) is 7.48. The van der Waals surface area contributed by atoms with Crippen molar-refractivity contribution >= 4 is 27.7 Å². The Balaban J connectivity index is 1.76. The van der Waals surface area contributed by atoms with E-state index in [0.717, 1.165) is 53.6 Å². The zero-order chi connectivity index (χ0) is 16.9. The SMILES string of the molecule is CCC(N)c1nnc(SCc2cccc(Br)c2)n1CC1CCCO1. The Morgan fingerprint density at radius 3 is 3.04 bits per heavy atom. The van der Waals surface area contributed by atoms with Crippen molar-refractivity contribution in [2.24, 2.45) is 5.73 Å². The van der Waals surface area contributed by atoms with Crippen molar-refractivity contribution in [1.29, 1.82) is 0 Å². The first-order valence-corrected chi connectivity index (χ1v) is 10.1. The molecule has 2 unspecified atom stereocenters. The number of ether oxygens (including phenoxy) is 1. The number of hydrogen-bond acceptors (Lipinski definition) is 5. The van der Waals surface area contributed by atoms with E-state index in [-0.39, 0.29) is 12.1 Å². The van der Waals surface area contributed by atoms with Crippen molar-refractivity contribution in [3.05, 3.63) is 40.1 Å². The Morgan fingerprint density at radius 2 is 2.33 bits per heavy atom. The molecule has 1 aromatic carbocycles. The van der Waals surface area contributed by atoms with Gasteiger partial charge in [-0.05, 0) is 37.0 Å². The number of rotatable bonds is 7. The number of aromatic nitrogens is 3. The smallest absolute Gasteiger partial charge is 0.191 e. The van der Waals surface area contributed by atoms with E-state index in [9.17, 15) is 0 Å². The largest absolute Gasteiger partial charge is 0.376 e. The highest BCUT2D eigenvalue weighted by molar-refractivity contribution is 9.10. The van der Waals surface area contributed by atoms with E-state index in [0.29, 0.717) is 0 Å². The molecule has 0 spiro atoms. The second kappa shape index (κ2) is 8.47. The van der Waals surface area contributed by atoms with Crippen LogP contribution >= 0.6 is 27.7 Å². The van der Waals surface area contributed by atoms with Crippen molar-refractivity contribution in [3.63, 3.8) is 0 Å². The Bertz CT molecular complexity index is 672. The van der Waals surface area contributed by atoms with Gasteiger partial charge in [-0.25, -0.2) is 0 Å². The van der Waals surface area contributed by atoms with Gasteiger partial charge in [0.25, 0.3) is 0 Å². The fraction of sp³-hybridized carbons (Fsp3) is 0.529. The van der Waals surface area contributed by atoms with Crippen LogP contribution in [0.4, 0.5) is 0 Å². The summed E-state index contributed by atoms with van der Waals surface area (Å²) in [5, 5.41) is 9.68. The summed E-state index contributed by atoms with van der Waals surface area (Å²) in [5.74, 6) is 1.72. The molecule has 2 N–H and O–H groups in total. The average Bonchev–Trinajstić information content (AvgIpc) is 3.23. The van der Waals surface area contributed by atoms with Gasteiger partial charge < -0.3 is 15.0 Å². The highest BCUT2D eigenvalue weighted by atomic mass is 79.9. The van der Waals surface area contributed by atoms with Gasteiger partial charge in [-0.2, -0.15) is 0 Å². The minimum absolute atomic E-state index is 0.0841. The van der Waals surface area contributed by atoms with Gasteiger partial charge in [0.2, 0.25) is 0 Å². The van der Waals surface area contributed by atoms with Crippen molar-refractivity contribution in [1.82, 2.24) is 14.8 Å². The molecular formula is C17H23BrN4OS. The van der Waals surface area contributed by atoms with Crippen molar-refractivity contribution in [2.75, 3.05) is 6.61 Å². The Hall–Kier alpha value is -0.890. The Labute approximate surface area is 155 Å². The van der Waals surface area contributed by atoms with Crippen LogP contribution in [0.2, 0.25) is 0 Å². The Kier molecular flexibility index (Phi) is 6.32. The molecule has 2 atom stereocenters. The molecule has 130 valence electrons. The number of halogens is 1. The summed E-state index contributed by atoms with van der Waals surface area (Å²) in [6.07, 6.45) is 3.31. The molecule has 2 aromatic rings. The molecule has 0 saturated carbocycles. The van der Waals surface area contributed by atoms with Gasteiger partial charge in [-0.3, -0.25) is 0 Å². The molecule has 1 saturated heterocycles. The lowest BCUT2D eigenvalue weighted by Crippen LogP contribution is -2.22. The maximum Gasteiger partial charge on any atom is 0.191 e. The maximum atomic E-state index is 6.23. The summed E-state index contributed by atoms with van der Waals surface area (Å²) >= 11 is 5.22. The summed E-state index contributed by atoms with van der Waals surface area (Å²) < 4.78 is 9.05. The van der Waals surface area contributed by atoms with Gasteiger partial charge >= 0.3 is 0 Å². The predicted molar refractivity (Wildman–Crippen MR) is 99.9 cm³/mol. The quantitative estimate of drug-likeness (QED) is 0.700. The molecule has 0 radical (unpaired) electrons. The second-order valence-electron chi connectivity index (χ2n) is 6.02. The van der Waals surface area contributed by atoms with E-state index in [1.807, 2.05) is 6.07 Å². The van der Waals surface area contributed by atoms with E-state index in [1.165, 1.54) is 5.56 Å². The first-order valence-electron chi connectivity index (χ1n) is 8.35. The summed E-state index contributed by atoms with van der Waals surface area (Å²) in [6.45, 7) is 3.71. The molecule has 1 fully saturated rings. The van der Waals surface area contributed by atoms with Crippen LogP contribution in [0.15, 0.2) is 33.9 Å². The molecule has 0 bridgehead atoms. The molecule has 0 aliphatic carbocycles. The lowest BCUT2D eigenvalue weighted by Gasteiger charge is -2.17. The number of hydrogen-bond donors (Lipinski definition) is 1. The molecule has 5 nitrogen and oxygen atoms in total. The molecule has 24 heavy (non-hydrogen) atoms. The zero-order valence-electron chi connectivity index (χ0n) is 13.8. The van der Waals surface area contributed by atoms with Crippen LogP contribution in [0.3, 0.4) is 0 Å². The minimum atomic E-state index is -0.0841. The average molecular weight is 411 g/mol. The van der Waals surface area contributed by atoms with Crippen LogP contribution in [0.1, 0.15) is 43.6 Å². The number of thioether (sulfide) groups is 1. The minimum Gasteiger partial charge on any atom is -0.376 e. The molecule has 3 rings (SSSR count). The first kappa shape index (κ1) is 17.9. The van der Waals surface area contributed by atoms with Gasteiger partial charge in [0.15, 0.2) is 11.0 Å². The van der Waals surface area contributed by atoms with Crippen LogP contribution in [0.5, 0.6) is 0 Å². The number of nitrogens with two attached hydrogens (primary N) is 1. The van der Waals surface area contributed by atoms with Gasteiger partial charge in [0.05, 0.1) is 18.7 Å². The van der Waals surface area contributed by atoms with E-state index in [1.54, 1.807) is 11.8 Å². The fourth-order valence-electron chi connectivity index (χ4n) is 2.80. The summed E-state index contributed by atoms with van der Waals surface area (Å²) in [4.78, 5) is 0. The van der Waals surface area contributed by atoms with Crippen molar-refractivity contribution in [3.8, 4) is 0 Å². The first-order chi connectivity index (χ1) is 11.7. The van der Waals surface area contributed by atoms with Crippen molar-refractivity contribution in [2.45, 2.75) is 55.8 Å².